The zero-order valence-electron chi connectivity index (χ0n) is 11.7. The fraction of sp³-hybridized carbons (Fsp3) is 0.375. The summed E-state index contributed by atoms with van der Waals surface area (Å²) in [4.78, 5) is 15.4. The maximum absolute atomic E-state index is 11.3. The lowest BCUT2D eigenvalue weighted by Crippen LogP contribution is -2.32. The van der Waals surface area contributed by atoms with Crippen molar-refractivity contribution < 1.29 is 14.6 Å². The van der Waals surface area contributed by atoms with Crippen molar-refractivity contribution in [1.82, 2.24) is 9.55 Å². The number of hydrogen-bond donors (Lipinski definition) is 1. The number of hydrogen-bond acceptors (Lipinski definition) is 3. The summed E-state index contributed by atoms with van der Waals surface area (Å²) in [5.41, 5.74) is 0.215. The quantitative estimate of drug-likeness (QED) is 0.937. The third-order valence-corrected chi connectivity index (χ3v) is 3.97. The molecular weight excluding hydrogens is 268 g/mol. The third kappa shape index (κ3) is 2.91. The molecule has 1 aromatic heterocycles. The number of nitrogens with zero attached hydrogens (tertiary/aromatic N) is 2. The van der Waals surface area contributed by atoms with Gasteiger partial charge < -0.3 is 14.4 Å². The Balaban J connectivity index is 1.84. The van der Waals surface area contributed by atoms with Gasteiger partial charge in [-0.05, 0) is 31.4 Å². The predicted octanol–water partition coefficient (Wildman–Crippen LogP) is 3.14. The van der Waals surface area contributed by atoms with E-state index >= 15 is 0 Å². The van der Waals surface area contributed by atoms with E-state index in [1.807, 2.05) is 6.20 Å². The molecule has 1 saturated carbocycles. The van der Waals surface area contributed by atoms with E-state index in [1.165, 1.54) is 0 Å². The molecule has 1 aliphatic carbocycles. The average Bonchev–Trinajstić information content (AvgIpc) is 3.02. The van der Waals surface area contributed by atoms with Crippen molar-refractivity contribution in [3.8, 4) is 5.75 Å². The fourth-order valence-corrected chi connectivity index (χ4v) is 2.93. The highest BCUT2D eigenvalue weighted by atomic mass is 16.5. The van der Waals surface area contributed by atoms with Gasteiger partial charge in [-0.2, -0.15) is 0 Å². The summed E-state index contributed by atoms with van der Waals surface area (Å²) in [6.45, 7) is 0. The highest BCUT2D eigenvalue weighted by Crippen LogP contribution is 2.33. The Bertz CT molecular complexity index is 610. The molecule has 2 atom stereocenters. The molecule has 1 aliphatic rings. The average molecular weight is 286 g/mol. The van der Waals surface area contributed by atoms with Crippen LogP contribution in [-0.2, 0) is 0 Å². The summed E-state index contributed by atoms with van der Waals surface area (Å²) in [5, 5.41) is 9.25. The normalized spacial score (nSPS) is 21.9. The van der Waals surface area contributed by atoms with Crippen molar-refractivity contribution in [3.63, 3.8) is 0 Å². The van der Waals surface area contributed by atoms with Crippen LogP contribution in [0.5, 0.6) is 5.75 Å². The number of carboxylic acids is 1. The number of aromatic carboxylic acids is 1. The number of benzene rings is 1. The fourth-order valence-electron chi connectivity index (χ4n) is 2.93. The molecule has 0 bridgehead atoms. The first-order valence-corrected chi connectivity index (χ1v) is 7.22. The number of para-hydroxylation sites is 1. The van der Waals surface area contributed by atoms with Gasteiger partial charge in [-0.15, -0.1) is 0 Å². The van der Waals surface area contributed by atoms with Gasteiger partial charge in [0.15, 0.2) is 0 Å². The van der Waals surface area contributed by atoms with E-state index in [0.29, 0.717) is 5.75 Å². The van der Waals surface area contributed by atoms with E-state index in [9.17, 15) is 9.90 Å². The van der Waals surface area contributed by atoms with Crippen molar-refractivity contribution in [1.29, 1.82) is 0 Å². The molecule has 110 valence electrons. The van der Waals surface area contributed by atoms with Crippen LogP contribution in [0.25, 0.3) is 0 Å². The van der Waals surface area contributed by atoms with Crippen molar-refractivity contribution in [2.75, 3.05) is 0 Å². The maximum atomic E-state index is 11.3. The summed E-state index contributed by atoms with van der Waals surface area (Å²) in [6, 6.07) is 7.03. The topological polar surface area (TPSA) is 64.3 Å². The van der Waals surface area contributed by atoms with Crippen molar-refractivity contribution >= 4 is 5.97 Å². The van der Waals surface area contributed by atoms with Gasteiger partial charge in [0.05, 0.1) is 12.4 Å². The molecule has 5 nitrogen and oxygen atoms in total. The summed E-state index contributed by atoms with van der Waals surface area (Å²) in [7, 11) is 0. The molecule has 3 rings (SSSR count). The molecule has 0 saturated heterocycles. The van der Waals surface area contributed by atoms with Crippen molar-refractivity contribution in [3.05, 3.63) is 48.5 Å². The van der Waals surface area contributed by atoms with Crippen molar-refractivity contribution in [2.24, 2.45) is 0 Å². The summed E-state index contributed by atoms with van der Waals surface area (Å²) < 4.78 is 8.12. The number of ether oxygens (including phenoxy) is 1. The molecule has 1 aromatic carbocycles. The molecule has 5 heteroatoms. The lowest BCUT2D eigenvalue weighted by atomic mass is 9.92. The van der Waals surface area contributed by atoms with Crippen LogP contribution in [-0.4, -0.2) is 26.7 Å². The van der Waals surface area contributed by atoms with Crippen LogP contribution in [0.3, 0.4) is 0 Å². The lowest BCUT2D eigenvalue weighted by molar-refractivity contribution is 0.0671. The Kier molecular flexibility index (Phi) is 3.90. The number of rotatable bonds is 4. The Morgan fingerprint density at radius 1 is 1.29 bits per heavy atom. The Morgan fingerprint density at radius 3 is 2.86 bits per heavy atom. The van der Waals surface area contributed by atoms with E-state index < -0.39 is 5.97 Å². The second kappa shape index (κ2) is 5.99. The number of imidazole rings is 1. The second-order valence-electron chi connectivity index (χ2n) is 5.32. The highest BCUT2D eigenvalue weighted by Gasteiger charge is 2.29. The van der Waals surface area contributed by atoms with Crippen LogP contribution in [0.4, 0.5) is 0 Å². The summed E-state index contributed by atoms with van der Waals surface area (Å²) >= 11 is 0. The minimum Gasteiger partial charge on any atom is -0.487 e. The first kappa shape index (κ1) is 13.7. The van der Waals surface area contributed by atoms with E-state index in [0.717, 1.165) is 25.7 Å². The van der Waals surface area contributed by atoms with Gasteiger partial charge >= 0.3 is 5.97 Å². The molecule has 0 amide bonds. The van der Waals surface area contributed by atoms with Gasteiger partial charge in [-0.25, -0.2) is 9.78 Å². The Morgan fingerprint density at radius 2 is 2.10 bits per heavy atom. The van der Waals surface area contributed by atoms with Crippen LogP contribution in [0, 0.1) is 0 Å². The number of carboxylic acid groups (broad SMARTS) is 1. The monoisotopic (exact) mass is 286 g/mol. The van der Waals surface area contributed by atoms with Gasteiger partial charge in [0.1, 0.15) is 17.4 Å². The molecular formula is C16H18N2O3. The zero-order chi connectivity index (χ0) is 14.7. The van der Waals surface area contributed by atoms with E-state index in [2.05, 4.69) is 9.55 Å². The Labute approximate surface area is 123 Å². The van der Waals surface area contributed by atoms with E-state index in [4.69, 9.17) is 4.74 Å². The van der Waals surface area contributed by atoms with Gasteiger partial charge in [-0.3, -0.25) is 0 Å². The second-order valence-corrected chi connectivity index (χ2v) is 5.32. The summed E-state index contributed by atoms with van der Waals surface area (Å²) in [6.07, 6.45) is 9.69. The van der Waals surface area contributed by atoms with Gasteiger partial charge in [0, 0.05) is 12.4 Å². The first-order chi connectivity index (χ1) is 10.3. The van der Waals surface area contributed by atoms with Crippen LogP contribution in [0.1, 0.15) is 42.1 Å². The lowest BCUT2D eigenvalue weighted by Gasteiger charge is -2.33. The molecule has 1 fully saturated rings. The molecule has 0 radical (unpaired) electrons. The third-order valence-electron chi connectivity index (χ3n) is 3.97. The maximum Gasteiger partial charge on any atom is 0.339 e. The molecule has 2 unspecified atom stereocenters. The molecule has 0 aliphatic heterocycles. The van der Waals surface area contributed by atoms with Gasteiger partial charge in [0.2, 0.25) is 0 Å². The number of carbonyl (C=O) groups is 1. The van der Waals surface area contributed by atoms with Gasteiger partial charge in [-0.1, -0.05) is 18.6 Å². The van der Waals surface area contributed by atoms with Crippen LogP contribution >= 0.6 is 0 Å². The van der Waals surface area contributed by atoms with E-state index in [-0.39, 0.29) is 17.7 Å². The van der Waals surface area contributed by atoms with Crippen molar-refractivity contribution in [2.45, 2.75) is 37.8 Å². The SMILES string of the molecule is O=C(O)c1ccccc1OC1CCCCC1n1ccnc1. The van der Waals surface area contributed by atoms with Crippen LogP contribution in [0.15, 0.2) is 43.0 Å². The zero-order valence-corrected chi connectivity index (χ0v) is 11.7. The summed E-state index contributed by atoms with van der Waals surface area (Å²) in [5.74, 6) is -0.511. The molecule has 0 spiro atoms. The standard InChI is InChI=1S/C16H18N2O3/c19-16(20)12-5-1-3-7-14(12)21-15-8-4-2-6-13(15)18-10-9-17-11-18/h1,3,5,7,9-11,13,15H,2,4,6,8H2,(H,19,20). The Hall–Kier alpha value is -2.30. The largest absolute Gasteiger partial charge is 0.487 e. The van der Waals surface area contributed by atoms with Crippen LogP contribution < -0.4 is 4.74 Å². The van der Waals surface area contributed by atoms with E-state index in [1.54, 1.807) is 36.8 Å². The van der Waals surface area contributed by atoms with Crippen LogP contribution in [0.2, 0.25) is 0 Å². The highest BCUT2D eigenvalue weighted by molar-refractivity contribution is 5.90. The predicted molar refractivity (Wildman–Crippen MR) is 77.5 cm³/mol. The minimum atomic E-state index is -0.958. The molecule has 21 heavy (non-hydrogen) atoms. The number of aromatic nitrogens is 2. The molecule has 1 heterocycles. The molecule has 1 N–H and O–H groups in total. The van der Waals surface area contributed by atoms with Gasteiger partial charge in [0.25, 0.3) is 0 Å². The molecule has 2 aromatic rings. The smallest absolute Gasteiger partial charge is 0.339 e. The minimum absolute atomic E-state index is 0.0200. The first-order valence-electron chi connectivity index (χ1n) is 7.22.